The number of nitrogens with one attached hydrogen (secondary N) is 1. The summed E-state index contributed by atoms with van der Waals surface area (Å²) in [7, 11) is 0. The lowest BCUT2D eigenvalue weighted by Crippen LogP contribution is -2.36. The highest BCUT2D eigenvalue weighted by Gasteiger charge is 2.14. The molecule has 0 atom stereocenters. The summed E-state index contributed by atoms with van der Waals surface area (Å²) in [6.45, 7) is 10.1. The lowest BCUT2D eigenvalue weighted by Gasteiger charge is -2.29. The van der Waals surface area contributed by atoms with E-state index < -0.39 is 0 Å². The number of hydrogen-bond acceptors (Lipinski definition) is 7. The number of anilines is 1. The molecule has 7 nitrogen and oxygen atoms in total. The van der Waals surface area contributed by atoms with Crippen molar-refractivity contribution in [3.05, 3.63) is 47.5 Å². The highest BCUT2D eigenvalue weighted by atomic mass is 16.5. The zero-order chi connectivity index (χ0) is 19.6. The van der Waals surface area contributed by atoms with Gasteiger partial charge in [-0.15, -0.1) is 5.11 Å². The number of nitrogens with zero attached hydrogens (tertiary/aromatic N) is 4. The Hall–Kier alpha value is -2.51. The SMILES string of the molecule is CCNCCOc1cc(N2CCOCC2)cc(N=NCc2cccc(C)c2)n1. The number of azo groups is 1. The number of hydrogen-bond donors (Lipinski definition) is 1. The number of ether oxygens (including phenoxy) is 2. The van der Waals surface area contributed by atoms with Crippen LogP contribution in [-0.2, 0) is 11.3 Å². The van der Waals surface area contributed by atoms with Gasteiger partial charge >= 0.3 is 0 Å². The van der Waals surface area contributed by atoms with Gasteiger partial charge in [0.05, 0.1) is 19.8 Å². The minimum absolute atomic E-state index is 0.530. The van der Waals surface area contributed by atoms with Gasteiger partial charge in [0.1, 0.15) is 6.61 Å². The van der Waals surface area contributed by atoms with Crippen LogP contribution in [0.5, 0.6) is 5.88 Å². The molecule has 0 bridgehead atoms. The first-order valence-electron chi connectivity index (χ1n) is 9.86. The summed E-state index contributed by atoms with van der Waals surface area (Å²) in [6, 6.07) is 12.2. The monoisotopic (exact) mass is 383 g/mol. The molecule has 2 heterocycles. The number of rotatable bonds is 9. The first kappa shape index (κ1) is 20.2. The van der Waals surface area contributed by atoms with E-state index >= 15 is 0 Å². The molecule has 3 rings (SSSR count). The summed E-state index contributed by atoms with van der Waals surface area (Å²) in [4.78, 5) is 6.77. The minimum atomic E-state index is 0.530. The summed E-state index contributed by atoms with van der Waals surface area (Å²) < 4.78 is 11.3. The van der Waals surface area contributed by atoms with Crippen molar-refractivity contribution < 1.29 is 9.47 Å². The molecular weight excluding hydrogens is 354 g/mol. The van der Waals surface area contributed by atoms with Crippen LogP contribution in [0.15, 0.2) is 46.6 Å². The lowest BCUT2D eigenvalue weighted by atomic mass is 10.1. The molecule has 7 heteroatoms. The molecule has 1 fully saturated rings. The molecular formula is C21H29N5O2. The number of likely N-dealkylation sites (N-methyl/N-ethyl adjacent to an activating group) is 1. The summed E-state index contributed by atoms with van der Waals surface area (Å²) in [6.07, 6.45) is 0. The normalized spacial score (nSPS) is 14.6. The van der Waals surface area contributed by atoms with E-state index in [0.29, 0.717) is 24.8 Å². The van der Waals surface area contributed by atoms with Crippen LogP contribution in [0.4, 0.5) is 11.5 Å². The van der Waals surface area contributed by atoms with Crippen LogP contribution in [0.3, 0.4) is 0 Å². The minimum Gasteiger partial charge on any atom is -0.476 e. The van der Waals surface area contributed by atoms with Crippen molar-refractivity contribution in [1.29, 1.82) is 0 Å². The van der Waals surface area contributed by atoms with Crippen LogP contribution in [0.2, 0.25) is 0 Å². The van der Waals surface area contributed by atoms with E-state index in [9.17, 15) is 0 Å². The summed E-state index contributed by atoms with van der Waals surface area (Å²) in [5, 5.41) is 11.9. The smallest absolute Gasteiger partial charge is 0.217 e. The van der Waals surface area contributed by atoms with Crippen molar-refractivity contribution in [2.75, 3.05) is 50.9 Å². The fraction of sp³-hybridized carbons (Fsp3) is 0.476. The molecule has 0 unspecified atom stereocenters. The molecule has 1 aromatic carbocycles. The number of aryl methyl sites for hydroxylation is 1. The van der Waals surface area contributed by atoms with Gasteiger partial charge in [-0.05, 0) is 19.0 Å². The first-order chi connectivity index (χ1) is 13.7. The Morgan fingerprint density at radius 3 is 2.86 bits per heavy atom. The van der Waals surface area contributed by atoms with Crippen molar-refractivity contribution in [2.45, 2.75) is 20.4 Å². The van der Waals surface area contributed by atoms with Gasteiger partial charge in [0.15, 0.2) is 5.82 Å². The topological polar surface area (TPSA) is 71.3 Å². The summed E-state index contributed by atoms with van der Waals surface area (Å²) >= 11 is 0. The lowest BCUT2D eigenvalue weighted by molar-refractivity contribution is 0.122. The highest BCUT2D eigenvalue weighted by Crippen LogP contribution is 2.26. The van der Waals surface area contributed by atoms with E-state index in [-0.39, 0.29) is 0 Å². The Bertz CT molecular complexity index is 775. The van der Waals surface area contributed by atoms with Crippen molar-refractivity contribution in [3.63, 3.8) is 0 Å². The largest absolute Gasteiger partial charge is 0.476 e. The molecule has 2 aromatic rings. The third-order valence-electron chi connectivity index (χ3n) is 4.44. The molecule has 1 N–H and O–H groups in total. The molecule has 1 saturated heterocycles. The van der Waals surface area contributed by atoms with E-state index in [2.05, 4.69) is 57.5 Å². The third-order valence-corrected chi connectivity index (χ3v) is 4.44. The Labute approximate surface area is 166 Å². The molecule has 1 aliphatic heterocycles. The summed E-state index contributed by atoms with van der Waals surface area (Å²) in [5.74, 6) is 1.14. The average molecular weight is 383 g/mol. The predicted molar refractivity (Wildman–Crippen MR) is 111 cm³/mol. The number of aromatic nitrogens is 1. The van der Waals surface area contributed by atoms with Gasteiger partial charge < -0.3 is 19.7 Å². The average Bonchev–Trinajstić information content (AvgIpc) is 2.72. The molecule has 28 heavy (non-hydrogen) atoms. The van der Waals surface area contributed by atoms with Gasteiger partial charge in [0.2, 0.25) is 5.88 Å². The first-order valence-corrected chi connectivity index (χ1v) is 9.86. The van der Waals surface area contributed by atoms with E-state index in [1.807, 2.05) is 18.2 Å². The predicted octanol–water partition coefficient (Wildman–Crippen LogP) is 3.50. The zero-order valence-corrected chi connectivity index (χ0v) is 16.7. The van der Waals surface area contributed by atoms with Crippen molar-refractivity contribution >= 4 is 11.5 Å². The second-order valence-corrected chi connectivity index (χ2v) is 6.71. The maximum absolute atomic E-state index is 5.83. The van der Waals surface area contributed by atoms with Crippen molar-refractivity contribution in [1.82, 2.24) is 10.3 Å². The second kappa shape index (κ2) is 10.7. The van der Waals surface area contributed by atoms with Crippen LogP contribution in [0.25, 0.3) is 0 Å². The van der Waals surface area contributed by atoms with E-state index in [1.54, 1.807) is 0 Å². The molecule has 0 radical (unpaired) electrons. The zero-order valence-electron chi connectivity index (χ0n) is 16.7. The van der Waals surface area contributed by atoms with E-state index in [4.69, 9.17) is 9.47 Å². The third kappa shape index (κ3) is 6.28. The molecule has 0 saturated carbocycles. The van der Waals surface area contributed by atoms with Gasteiger partial charge in [-0.3, -0.25) is 0 Å². The van der Waals surface area contributed by atoms with Crippen LogP contribution in [-0.4, -0.2) is 51.0 Å². The number of morpholine rings is 1. The molecule has 0 aliphatic carbocycles. The van der Waals surface area contributed by atoms with Crippen LogP contribution < -0.4 is 15.0 Å². The quantitative estimate of drug-likeness (QED) is 0.530. The van der Waals surface area contributed by atoms with E-state index in [0.717, 1.165) is 50.6 Å². The Morgan fingerprint density at radius 2 is 2.07 bits per heavy atom. The van der Waals surface area contributed by atoms with Crippen LogP contribution in [0.1, 0.15) is 18.1 Å². The fourth-order valence-corrected chi connectivity index (χ4v) is 3.01. The second-order valence-electron chi connectivity index (χ2n) is 6.71. The standard InChI is InChI=1S/C21H29N5O2/c1-3-22-7-10-28-21-15-19(26-8-11-27-12-9-26)14-20(24-21)25-23-16-18-6-4-5-17(2)13-18/h4-6,13-15,22H,3,7-12,16H2,1-2H3. The Balaban J connectivity index is 1.72. The van der Waals surface area contributed by atoms with Crippen molar-refractivity contribution in [2.24, 2.45) is 10.2 Å². The molecule has 0 spiro atoms. The Morgan fingerprint density at radius 1 is 1.21 bits per heavy atom. The van der Waals surface area contributed by atoms with Crippen LogP contribution >= 0.6 is 0 Å². The molecule has 1 aliphatic rings. The van der Waals surface area contributed by atoms with Crippen molar-refractivity contribution in [3.8, 4) is 5.88 Å². The Kier molecular flexibility index (Phi) is 7.75. The van der Waals surface area contributed by atoms with Gasteiger partial charge in [0, 0.05) is 37.5 Å². The number of pyridine rings is 1. The fourth-order valence-electron chi connectivity index (χ4n) is 3.01. The number of benzene rings is 1. The maximum atomic E-state index is 5.83. The highest BCUT2D eigenvalue weighted by molar-refractivity contribution is 5.55. The van der Waals surface area contributed by atoms with Gasteiger partial charge in [0.25, 0.3) is 0 Å². The van der Waals surface area contributed by atoms with Crippen LogP contribution in [0, 0.1) is 6.92 Å². The van der Waals surface area contributed by atoms with Gasteiger partial charge in [-0.25, -0.2) is 0 Å². The molecule has 1 aromatic heterocycles. The summed E-state index contributed by atoms with van der Waals surface area (Å²) in [5.41, 5.74) is 3.40. The molecule has 0 amide bonds. The van der Waals surface area contributed by atoms with Gasteiger partial charge in [-0.1, -0.05) is 36.8 Å². The van der Waals surface area contributed by atoms with E-state index in [1.165, 1.54) is 5.56 Å². The molecule has 150 valence electrons. The maximum Gasteiger partial charge on any atom is 0.217 e. The van der Waals surface area contributed by atoms with Gasteiger partial charge in [-0.2, -0.15) is 10.1 Å².